The Hall–Kier alpha value is -2.24. The monoisotopic (exact) mass is 361 g/mol. The molecular weight excluding hydrogens is 330 g/mol. The van der Waals surface area contributed by atoms with Crippen molar-refractivity contribution in [2.24, 2.45) is 0 Å². The average molecular weight is 361 g/mol. The van der Waals surface area contributed by atoms with Crippen LogP contribution in [0.2, 0.25) is 0 Å². The van der Waals surface area contributed by atoms with Gasteiger partial charge in [-0.3, -0.25) is 4.79 Å². The van der Waals surface area contributed by atoms with Crippen molar-refractivity contribution in [2.75, 3.05) is 26.7 Å². The first-order valence-electron chi connectivity index (χ1n) is 9.61. The van der Waals surface area contributed by atoms with Gasteiger partial charge in [0.05, 0.1) is 6.54 Å². The van der Waals surface area contributed by atoms with Crippen LogP contribution in [0.25, 0.3) is 0 Å². The summed E-state index contributed by atoms with van der Waals surface area (Å²) in [6.07, 6.45) is 6.86. The normalized spacial score (nSPS) is 14.5. The van der Waals surface area contributed by atoms with Gasteiger partial charge in [-0.15, -0.1) is 0 Å². The molecule has 6 nitrogen and oxygen atoms in total. The Morgan fingerprint density at radius 2 is 1.88 bits per heavy atom. The number of hydrogen-bond acceptors (Lipinski definition) is 3. The van der Waals surface area contributed by atoms with E-state index in [0.29, 0.717) is 38.6 Å². The quantitative estimate of drug-likeness (QED) is 0.665. The van der Waals surface area contributed by atoms with E-state index in [-0.39, 0.29) is 11.9 Å². The molecule has 144 valence electrons. The zero-order valence-electron chi connectivity index (χ0n) is 15.7. The summed E-state index contributed by atoms with van der Waals surface area (Å²) in [7, 11) is 1.78. The Kier molecular flexibility index (Phi) is 8.79. The van der Waals surface area contributed by atoms with Gasteiger partial charge in [0.2, 0.25) is 5.91 Å². The molecule has 3 amide bonds. The van der Waals surface area contributed by atoms with Crippen LogP contribution < -0.4 is 15.4 Å². The third-order valence-electron chi connectivity index (χ3n) is 4.66. The molecule has 1 aliphatic rings. The molecule has 2 N–H and O–H groups in total. The number of likely N-dealkylation sites (N-methyl/N-ethyl adjacent to an activating group) is 1. The van der Waals surface area contributed by atoms with E-state index in [1.807, 2.05) is 30.3 Å². The molecule has 1 aliphatic carbocycles. The molecule has 0 atom stereocenters. The summed E-state index contributed by atoms with van der Waals surface area (Å²) in [4.78, 5) is 25.6. The SMILES string of the molecule is CN(CCOc1ccccc1)C(=O)CCCNC(=O)NC1CCCCC1. The van der Waals surface area contributed by atoms with E-state index in [1.54, 1.807) is 11.9 Å². The minimum absolute atomic E-state index is 0.0659. The number of carbonyl (C=O) groups excluding carboxylic acids is 2. The Balaban J connectivity index is 1.51. The molecule has 0 spiro atoms. The molecule has 2 rings (SSSR count). The van der Waals surface area contributed by atoms with E-state index in [1.165, 1.54) is 19.3 Å². The number of para-hydroxylation sites is 1. The van der Waals surface area contributed by atoms with E-state index in [2.05, 4.69) is 10.6 Å². The third-order valence-corrected chi connectivity index (χ3v) is 4.66. The van der Waals surface area contributed by atoms with Crippen LogP contribution in [0.5, 0.6) is 5.75 Å². The zero-order valence-corrected chi connectivity index (χ0v) is 15.7. The number of ether oxygens (including phenoxy) is 1. The Labute approximate surface area is 156 Å². The molecule has 1 aromatic rings. The Morgan fingerprint density at radius 1 is 1.15 bits per heavy atom. The zero-order chi connectivity index (χ0) is 18.6. The number of rotatable bonds is 9. The summed E-state index contributed by atoms with van der Waals surface area (Å²) < 4.78 is 5.60. The maximum Gasteiger partial charge on any atom is 0.315 e. The fraction of sp³-hybridized carbons (Fsp3) is 0.600. The molecule has 0 radical (unpaired) electrons. The van der Waals surface area contributed by atoms with Crippen LogP contribution in [-0.2, 0) is 4.79 Å². The van der Waals surface area contributed by atoms with Crippen LogP contribution in [0.3, 0.4) is 0 Å². The predicted molar refractivity (Wildman–Crippen MR) is 102 cm³/mol. The van der Waals surface area contributed by atoms with Crippen LogP contribution in [0.15, 0.2) is 30.3 Å². The Morgan fingerprint density at radius 3 is 2.62 bits per heavy atom. The van der Waals surface area contributed by atoms with Crippen molar-refractivity contribution in [3.63, 3.8) is 0 Å². The summed E-state index contributed by atoms with van der Waals surface area (Å²) >= 11 is 0. The highest BCUT2D eigenvalue weighted by Crippen LogP contribution is 2.17. The molecule has 1 aromatic carbocycles. The lowest BCUT2D eigenvalue weighted by molar-refractivity contribution is -0.130. The number of carbonyl (C=O) groups is 2. The summed E-state index contributed by atoms with van der Waals surface area (Å²) in [6.45, 7) is 1.52. The van der Waals surface area contributed by atoms with Crippen LogP contribution in [-0.4, -0.2) is 49.6 Å². The Bertz CT molecular complexity index is 544. The van der Waals surface area contributed by atoms with Gasteiger partial charge in [0.1, 0.15) is 12.4 Å². The van der Waals surface area contributed by atoms with Gasteiger partial charge in [0.25, 0.3) is 0 Å². The van der Waals surface area contributed by atoms with Crippen LogP contribution in [0.4, 0.5) is 4.79 Å². The third kappa shape index (κ3) is 7.76. The van der Waals surface area contributed by atoms with Crippen molar-refractivity contribution in [1.82, 2.24) is 15.5 Å². The number of nitrogens with one attached hydrogen (secondary N) is 2. The van der Waals surface area contributed by atoms with E-state index >= 15 is 0 Å². The van der Waals surface area contributed by atoms with Gasteiger partial charge in [-0.2, -0.15) is 0 Å². The van der Waals surface area contributed by atoms with E-state index in [0.717, 1.165) is 18.6 Å². The van der Waals surface area contributed by atoms with E-state index in [4.69, 9.17) is 4.74 Å². The van der Waals surface area contributed by atoms with Gasteiger partial charge < -0.3 is 20.3 Å². The van der Waals surface area contributed by atoms with Gasteiger partial charge >= 0.3 is 6.03 Å². The molecule has 1 fully saturated rings. The largest absolute Gasteiger partial charge is 0.492 e. The summed E-state index contributed by atoms with van der Waals surface area (Å²) in [5, 5.41) is 5.85. The summed E-state index contributed by atoms with van der Waals surface area (Å²) in [6, 6.07) is 9.75. The van der Waals surface area contributed by atoms with Gasteiger partial charge in [-0.1, -0.05) is 37.5 Å². The van der Waals surface area contributed by atoms with Gasteiger partial charge in [-0.05, 0) is 31.4 Å². The molecule has 0 heterocycles. The van der Waals surface area contributed by atoms with Crippen molar-refractivity contribution in [1.29, 1.82) is 0 Å². The minimum atomic E-state index is -0.117. The number of urea groups is 1. The van der Waals surface area contributed by atoms with E-state index < -0.39 is 0 Å². The standard InChI is InChI=1S/C20H31N3O3/c1-23(15-16-26-18-11-6-3-7-12-18)19(24)13-8-14-21-20(25)22-17-9-4-2-5-10-17/h3,6-7,11-12,17H,2,4-5,8-10,13-16H2,1H3,(H2,21,22,25). The van der Waals surface area contributed by atoms with Crippen molar-refractivity contribution in [3.8, 4) is 5.75 Å². The van der Waals surface area contributed by atoms with E-state index in [9.17, 15) is 9.59 Å². The maximum atomic E-state index is 12.1. The lowest BCUT2D eigenvalue weighted by atomic mass is 9.96. The van der Waals surface area contributed by atoms with Crippen molar-refractivity contribution >= 4 is 11.9 Å². The first kappa shape index (κ1) is 20.1. The molecular formula is C20H31N3O3. The molecule has 26 heavy (non-hydrogen) atoms. The van der Waals surface area contributed by atoms with Crippen LogP contribution in [0, 0.1) is 0 Å². The highest BCUT2D eigenvalue weighted by atomic mass is 16.5. The highest BCUT2D eigenvalue weighted by molar-refractivity contribution is 5.76. The molecule has 0 aliphatic heterocycles. The molecule has 0 saturated heterocycles. The van der Waals surface area contributed by atoms with Gasteiger partial charge in [0.15, 0.2) is 0 Å². The second kappa shape index (κ2) is 11.4. The maximum absolute atomic E-state index is 12.1. The molecule has 0 aromatic heterocycles. The van der Waals surface area contributed by atoms with Crippen molar-refractivity contribution in [3.05, 3.63) is 30.3 Å². The molecule has 1 saturated carbocycles. The number of nitrogens with zero attached hydrogens (tertiary/aromatic N) is 1. The van der Waals surface area contributed by atoms with Crippen molar-refractivity contribution < 1.29 is 14.3 Å². The minimum Gasteiger partial charge on any atom is -0.492 e. The van der Waals surface area contributed by atoms with Crippen molar-refractivity contribution in [2.45, 2.75) is 51.0 Å². The lowest BCUT2D eigenvalue weighted by Gasteiger charge is -2.23. The van der Waals surface area contributed by atoms with Gasteiger partial charge in [-0.25, -0.2) is 4.79 Å². The van der Waals surface area contributed by atoms with Crippen LogP contribution >= 0.6 is 0 Å². The number of hydrogen-bond donors (Lipinski definition) is 2. The molecule has 0 bridgehead atoms. The first-order valence-corrected chi connectivity index (χ1v) is 9.61. The molecule has 0 unspecified atom stereocenters. The second-order valence-electron chi connectivity index (χ2n) is 6.82. The highest BCUT2D eigenvalue weighted by Gasteiger charge is 2.15. The van der Waals surface area contributed by atoms with Gasteiger partial charge in [0, 0.05) is 26.1 Å². The predicted octanol–water partition coefficient (Wildman–Crippen LogP) is 2.94. The fourth-order valence-corrected chi connectivity index (χ4v) is 3.06. The van der Waals surface area contributed by atoms with Crippen LogP contribution in [0.1, 0.15) is 44.9 Å². The summed E-state index contributed by atoms with van der Waals surface area (Å²) in [5.41, 5.74) is 0. The number of amides is 3. The number of benzene rings is 1. The topological polar surface area (TPSA) is 70.7 Å². The average Bonchev–Trinajstić information content (AvgIpc) is 2.66. The smallest absolute Gasteiger partial charge is 0.315 e. The molecule has 6 heteroatoms. The summed E-state index contributed by atoms with van der Waals surface area (Å²) in [5.74, 6) is 0.873. The second-order valence-corrected chi connectivity index (χ2v) is 6.82. The lowest BCUT2D eigenvalue weighted by Crippen LogP contribution is -2.43. The fourth-order valence-electron chi connectivity index (χ4n) is 3.06. The first-order chi connectivity index (χ1) is 12.6.